The maximum absolute atomic E-state index is 9.57. The van der Waals surface area contributed by atoms with Crippen LogP contribution in [0.2, 0.25) is 0 Å². The number of benzene rings is 2. The van der Waals surface area contributed by atoms with Crippen LogP contribution in [0.4, 0.5) is 5.82 Å². The number of rotatable bonds is 8. The Labute approximate surface area is 170 Å². The van der Waals surface area contributed by atoms with E-state index in [2.05, 4.69) is 21.4 Å². The number of anilines is 1. The fourth-order valence-corrected chi connectivity index (χ4v) is 2.81. The lowest BCUT2D eigenvalue weighted by molar-refractivity contribution is 0.0227. The highest BCUT2D eigenvalue weighted by atomic mass is 16.7. The second-order valence-corrected chi connectivity index (χ2v) is 6.39. The van der Waals surface area contributed by atoms with Gasteiger partial charge in [0.2, 0.25) is 0 Å². The van der Waals surface area contributed by atoms with Crippen molar-refractivity contribution < 1.29 is 14.6 Å². The molecule has 1 heterocycles. The van der Waals surface area contributed by atoms with Crippen LogP contribution in [0.5, 0.6) is 11.5 Å². The topological polar surface area (TPSA) is 76.5 Å². The molecule has 0 amide bonds. The number of phenols is 1. The molecule has 0 fully saturated rings. The number of terminal acetylenes is 1. The molecule has 2 N–H and O–H groups in total. The highest BCUT2D eigenvalue weighted by molar-refractivity contribution is 5.71. The third kappa shape index (κ3) is 5.24. The molecule has 0 aliphatic rings. The van der Waals surface area contributed by atoms with Gasteiger partial charge in [-0.15, -0.1) is 16.6 Å². The smallest absolute Gasteiger partial charge is 0.189 e. The summed E-state index contributed by atoms with van der Waals surface area (Å²) in [6.45, 7) is 5.09. The first kappa shape index (κ1) is 20.2. The third-order valence-corrected chi connectivity index (χ3v) is 4.27. The zero-order chi connectivity index (χ0) is 20.6. The molecule has 0 saturated carbocycles. The first-order valence-corrected chi connectivity index (χ1v) is 9.28. The van der Waals surface area contributed by atoms with Gasteiger partial charge in [0.25, 0.3) is 0 Å². The van der Waals surface area contributed by atoms with Gasteiger partial charge >= 0.3 is 0 Å². The van der Waals surface area contributed by atoms with Crippen molar-refractivity contribution in [3.05, 3.63) is 65.2 Å². The summed E-state index contributed by atoms with van der Waals surface area (Å²) in [5.41, 5.74) is 4.12. The van der Waals surface area contributed by atoms with E-state index >= 15 is 0 Å². The first-order valence-electron chi connectivity index (χ1n) is 9.28. The Morgan fingerprint density at radius 3 is 2.72 bits per heavy atom. The Hall–Kier alpha value is -3.56. The van der Waals surface area contributed by atoms with Crippen molar-refractivity contribution in [2.24, 2.45) is 0 Å². The van der Waals surface area contributed by atoms with Crippen molar-refractivity contribution in [3.63, 3.8) is 0 Å². The maximum atomic E-state index is 9.57. The van der Waals surface area contributed by atoms with Gasteiger partial charge in [0, 0.05) is 24.3 Å². The van der Waals surface area contributed by atoms with Crippen LogP contribution in [0, 0.1) is 19.3 Å². The predicted octanol–water partition coefficient (Wildman–Crippen LogP) is 4.12. The summed E-state index contributed by atoms with van der Waals surface area (Å²) < 4.78 is 11.0. The fourth-order valence-electron chi connectivity index (χ4n) is 2.81. The Morgan fingerprint density at radius 2 is 2.00 bits per heavy atom. The van der Waals surface area contributed by atoms with E-state index in [1.54, 1.807) is 24.3 Å². The van der Waals surface area contributed by atoms with Gasteiger partial charge in [-0.2, -0.15) is 0 Å². The number of aromatic nitrogens is 2. The van der Waals surface area contributed by atoms with Gasteiger partial charge < -0.3 is 19.9 Å². The number of hydrogen-bond donors (Lipinski definition) is 2. The van der Waals surface area contributed by atoms with Crippen molar-refractivity contribution in [1.29, 1.82) is 0 Å². The molecule has 0 atom stereocenters. The summed E-state index contributed by atoms with van der Waals surface area (Å²) in [5, 5.41) is 21.5. The summed E-state index contributed by atoms with van der Waals surface area (Å²) in [5.74, 6) is 4.09. The molecular weight excluding hydrogens is 366 g/mol. The van der Waals surface area contributed by atoms with E-state index in [1.807, 2.05) is 38.1 Å². The molecule has 2 aromatic carbocycles. The quantitative estimate of drug-likeness (QED) is 0.343. The van der Waals surface area contributed by atoms with E-state index in [9.17, 15) is 5.11 Å². The van der Waals surface area contributed by atoms with Gasteiger partial charge in [-0.05, 0) is 61.4 Å². The standard InChI is InChI=1S/C23H23N3O3/c1-4-17-9-10-20(21(13-17)29-15-28-5-2)23-16(3)11-22(25-26-23)24-14-18-7-6-8-19(27)12-18/h1,6-13,27H,5,14-15H2,2-3H3,(H,24,25). The van der Waals surface area contributed by atoms with Crippen LogP contribution in [0.25, 0.3) is 11.3 Å². The van der Waals surface area contributed by atoms with Crippen molar-refractivity contribution in [1.82, 2.24) is 10.2 Å². The van der Waals surface area contributed by atoms with Crippen molar-refractivity contribution in [3.8, 4) is 35.1 Å². The van der Waals surface area contributed by atoms with Gasteiger partial charge in [0.1, 0.15) is 17.3 Å². The molecule has 0 unspecified atom stereocenters. The van der Waals surface area contributed by atoms with Crippen molar-refractivity contribution in [2.75, 3.05) is 18.7 Å². The lowest BCUT2D eigenvalue weighted by atomic mass is 10.0. The van der Waals surface area contributed by atoms with Crippen molar-refractivity contribution in [2.45, 2.75) is 20.4 Å². The summed E-state index contributed by atoms with van der Waals surface area (Å²) in [7, 11) is 0. The normalized spacial score (nSPS) is 10.4. The molecule has 148 valence electrons. The molecule has 0 saturated heterocycles. The average molecular weight is 389 g/mol. The zero-order valence-electron chi connectivity index (χ0n) is 16.5. The van der Waals surface area contributed by atoms with Crippen LogP contribution < -0.4 is 10.1 Å². The average Bonchev–Trinajstić information content (AvgIpc) is 2.73. The molecule has 3 rings (SSSR count). The van der Waals surface area contributed by atoms with Crippen LogP contribution in [-0.4, -0.2) is 28.7 Å². The van der Waals surface area contributed by atoms with E-state index in [4.69, 9.17) is 15.9 Å². The molecular formula is C23H23N3O3. The van der Waals surface area contributed by atoms with E-state index in [1.165, 1.54) is 0 Å². The van der Waals surface area contributed by atoms with Gasteiger partial charge in [-0.25, -0.2) is 0 Å². The SMILES string of the molecule is C#Cc1ccc(-c2nnc(NCc3cccc(O)c3)cc2C)c(OCOCC)c1. The molecule has 3 aromatic rings. The number of ether oxygens (including phenoxy) is 2. The Bertz CT molecular complexity index is 1030. The highest BCUT2D eigenvalue weighted by Crippen LogP contribution is 2.32. The Balaban J connectivity index is 1.81. The molecule has 1 aromatic heterocycles. The van der Waals surface area contributed by atoms with Gasteiger partial charge in [-0.3, -0.25) is 0 Å². The molecule has 6 nitrogen and oxygen atoms in total. The largest absolute Gasteiger partial charge is 0.508 e. The third-order valence-electron chi connectivity index (χ3n) is 4.27. The summed E-state index contributed by atoms with van der Waals surface area (Å²) in [6, 6.07) is 14.5. The van der Waals surface area contributed by atoms with Gasteiger partial charge in [-0.1, -0.05) is 18.1 Å². The van der Waals surface area contributed by atoms with Crippen LogP contribution in [0.15, 0.2) is 48.5 Å². The Kier molecular flexibility index (Phi) is 6.67. The molecule has 0 spiro atoms. The molecule has 6 heteroatoms. The Morgan fingerprint density at radius 1 is 1.14 bits per heavy atom. The van der Waals surface area contributed by atoms with Gasteiger partial charge in [0.05, 0.1) is 5.69 Å². The molecule has 0 aliphatic carbocycles. The molecule has 0 aliphatic heterocycles. The first-order chi connectivity index (χ1) is 14.1. The highest BCUT2D eigenvalue weighted by Gasteiger charge is 2.13. The van der Waals surface area contributed by atoms with Gasteiger partial charge in [0.15, 0.2) is 6.79 Å². The van der Waals surface area contributed by atoms with Crippen LogP contribution >= 0.6 is 0 Å². The van der Waals surface area contributed by atoms with Crippen LogP contribution in [0.1, 0.15) is 23.6 Å². The van der Waals surface area contributed by atoms with Crippen LogP contribution in [0.3, 0.4) is 0 Å². The number of nitrogens with one attached hydrogen (secondary N) is 1. The number of aromatic hydroxyl groups is 1. The minimum Gasteiger partial charge on any atom is -0.508 e. The number of hydrogen-bond acceptors (Lipinski definition) is 6. The van der Waals surface area contributed by atoms with E-state index < -0.39 is 0 Å². The monoisotopic (exact) mass is 389 g/mol. The molecule has 0 bridgehead atoms. The number of phenolic OH excluding ortho intramolecular Hbond substituents is 1. The minimum absolute atomic E-state index is 0.133. The lowest BCUT2D eigenvalue weighted by Crippen LogP contribution is -2.06. The second kappa shape index (κ2) is 9.58. The number of nitrogens with zero attached hydrogens (tertiary/aromatic N) is 2. The molecule has 0 radical (unpaired) electrons. The van der Waals surface area contributed by atoms with E-state index in [-0.39, 0.29) is 12.5 Å². The second-order valence-electron chi connectivity index (χ2n) is 6.39. The predicted molar refractivity (Wildman–Crippen MR) is 113 cm³/mol. The summed E-state index contributed by atoms with van der Waals surface area (Å²) in [6.07, 6.45) is 5.51. The minimum atomic E-state index is 0.133. The van der Waals surface area contributed by atoms with Crippen molar-refractivity contribution >= 4 is 5.82 Å². The zero-order valence-corrected chi connectivity index (χ0v) is 16.5. The van der Waals surface area contributed by atoms with E-state index in [0.29, 0.717) is 30.4 Å². The summed E-state index contributed by atoms with van der Waals surface area (Å²) >= 11 is 0. The fraction of sp³-hybridized carbons (Fsp3) is 0.217. The molecule has 29 heavy (non-hydrogen) atoms. The number of aryl methyl sites for hydroxylation is 1. The lowest BCUT2D eigenvalue weighted by Gasteiger charge is -2.14. The summed E-state index contributed by atoms with van der Waals surface area (Å²) in [4.78, 5) is 0. The maximum Gasteiger partial charge on any atom is 0.189 e. The van der Waals surface area contributed by atoms with Crippen LogP contribution in [-0.2, 0) is 11.3 Å². The van der Waals surface area contributed by atoms with E-state index in [0.717, 1.165) is 22.3 Å².